The number of aliphatic hydroxyl groups excluding tert-OH is 1. The van der Waals surface area contributed by atoms with Crippen molar-refractivity contribution in [2.24, 2.45) is 0 Å². The largest absolute Gasteiger partial charge is 0.456 e. The van der Waals surface area contributed by atoms with Crippen molar-refractivity contribution in [3.8, 4) is 6.01 Å². The minimum atomic E-state index is -0.615. The Bertz CT molecular complexity index is 1030. The molecule has 0 unspecified atom stereocenters. The van der Waals surface area contributed by atoms with Crippen LogP contribution in [0.3, 0.4) is 0 Å². The van der Waals surface area contributed by atoms with E-state index >= 15 is 0 Å². The van der Waals surface area contributed by atoms with Crippen LogP contribution in [0.25, 0.3) is 11.2 Å². The lowest BCUT2D eigenvalue weighted by Gasteiger charge is -2.15. The summed E-state index contributed by atoms with van der Waals surface area (Å²) in [4.78, 5) is 12.1. The highest BCUT2D eigenvalue weighted by molar-refractivity contribution is 6.33. The van der Waals surface area contributed by atoms with E-state index in [1.807, 2.05) is 6.07 Å². The molecule has 1 aromatic carbocycles. The van der Waals surface area contributed by atoms with E-state index in [4.69, 9.17) is 25.8 Å². The number of halogens is 1. The molecule has 31 heavy (non-hydrogen) atoms. The lowest BCUT2D eigenvalue weighted by molar-refractivity contribution is 0.00706. The number of rotatable bonds is 8. The molecule has 2 aliphatic heterocycles. The summed E-state index contributed by atoms with van der Waals surface area (Å²) < 4.78 is 17.1. The maximum Gasteiger partial charge on any atom is 0.296 e. The molecule has 4 atom stereocenters. The third-order valence-corrected chi connectivity index (χ3v) is 5.97. The zero-order chi connectivity index (χ0) is 21.2. The number of nitrogens with one attached hydrogen (secondary N) is 2. The molecule has 2 aliphatic rings. The molecule has 5 rings (SSSR count). The third-order valence-electron chi connectivity index (χ3n) is 5.68. The molecule has 2 fully saturated rings. The number of H-pyrrole nitrogens is 1. The quantitative estimate of drug-likeness (QED) is 0.459. The van der Waals surface area contributed by atoms with Crippen molar-refractivity contribution in [2.45, 2.75) is 43.7 Å². The molecular weight excluding hydrogens is 420 g/mol. The number of hydrogen-bond donors (Lipinski definition) is 3. The Kier molecular flexibility index (Phi) is 5.95. The molecule has 0 bridgehead atoms. The molecule has 3 aromatic rings. The first-order valence-corrected chi connectivity index (χ1v) is 11.0. The van der Waals surface area contributed by atoms with Gasteiger partial charge in [0.2, 0.25) is 0 Å². The normalized spacial score (nSPS) is 25.1. The smallest absolute Gasteiger partial charge is 0.296 e. The second-order valence-electron chi connectivity index (χ2n) is 7.92. The van der Waals surface area contributed by atoms with Crippen molar-refractivity contribution in [1.29, 1.82) is 0 Å². The Morgan fingerprint density at radius 3 is 2.84 bits per heavy atom. The van der Waals surface area contributed by atoms with Gasteiger partial charge in [0.25, 0.3) is 6.01 Å². The SMILES string of the molecule is O[C@@H]1CO[C@H]2[C@@H]1OC[C@H]2Oc1nc2nc(NCCCCc3ccccc3)c(Cl)cc2[nH]1. The van der Waals surface area contributed by atoms with E-state index in [-0.39, 0.29) is 24.9 Å². The fourth-order valence-electron chi connectivity index (χ4n) is 4.07. The third kappa shape index (κ3) is 4.48. The van der Waals surface area contributed by atoms with Gasteiger partial charge in [0, 0.05) is 6.54 Å². The highest BCUT2D eigenvalue weighted by atomic mass is 35.5. The van der Waals surface area contributed by atoms with Crippen molar-refractivity contribution >= 4 is 28.6 Å². The van der Waals surface area contributed by atoms with Crippen LogP contribution in [-0.4, -0.2) is 64.2 Å². The summed E-state index contributed by atoms with van der Waals surface area (Å²) in [6.07, 6.45) is 1.55. The molecule has 0 aliphatic carbocycles. The topological polar surface area (TPSA) is 102 Å². The number of aromatic amines is 1. The molecule has 0 radical (unpaired) electrons. The summed E-state index contributed by atoms with van der Waals surface area (Å²) in [6.45, 7) is 1.38. The number of aromatic nitrogens is 3. The number of fused-ring (bicyclic) bond motifs is 2. The predicted molar refractivity (Wildman–Crippen MR) is 117 cm³/mol. The van der Waals surface area contributed by atoms with Gasteiger partial charge in [-0.1, -0.05) is 41.9 Å². The summed E-state index contributed by atoms with van der Waals surface area (Å²) in [5.74, 6) is 0.610. The van der Waals surface area contributed by atoms with Crippen LogP contribution in [0.4, 0.5) is 5.82 Å². The Hall–Kier alpha value is -2.39. The van der Waals surface area contributed by atoms with Crippen LogP contribution >= 0.6 is 11.6 Å². The molecule has 9 heteroatoms. The van der Waals surface area contributed by atoms with Crippen LogP contribution in [0.1, 0.15) is 18.4 Å². The Balaban J connectivity index is 1.17. The van der Waals surface area contributed by atoms with Crippen molar-refractivity contribution in [3.05, 3.63) is 47.0 Å². The van der Waals surface area contributed by atoms with E-state index < -0.39 is 6.10 Å². The fourth-order valence-corrected chi connectivity index (χ4v) is 4.29. The highest BCUT2D eigenvalue weighted by Gasteiger charge is 2.48. The Morgan fingerprint density at radius 2 is 1.97 bits per heavy atom. The number of pyridine rings is 1. The van der Waals surface area contributed by atoms with E-state index in [2.05, 4.69) is 44.5 Å². The zero-order valence-electron chi connectivity index (χ0n) is 17.0. The number of nitrogens with zero attached hydrogens (tertiary/aromatic N) is 2. The van der Waals surface area contributed by atoms with Crippen LogP contribution in [-0.2, 0) is 15.9 Å². The van der Waals surface area contributed by atoms with Gasteiger partial charge in [-0.3, -0.25) is 0 Å². The zero-order valence-corrected chi connectivity index (χ0v) is 17.7. The summed E-state index contributed by atoms with van der Waals surface area (Å²) >= 11 is 6.40. The molecular formula is C22H25ClN4O4. The first-order chi connectivity index (χ1) is 15.2. The molecule has 2 aromatic heterocycles. The van der Waals surface area contributed by atoms with Crippen molar-refractivity contribution < 1.29 is 19.3 Å². The highest BCUT2D eigenvalue weighted by Crippen LogP contribution is 2.30. The lowest BCUT2D eigenvalue weighted by atomic mass is 10.1. The average Bonchev–Trinajstić information content (AvgIpc) is 3.46. The Morgan fingerprint density at radius 1 is 1.13 bits per heavy atom. The lowest BCUT2D eigenvalue weighted by Crippen LogP contribution is -2.34. The molecule has 4 heterocycles. The molecule has 164 valence electrons. The molecule has 0 amide bonds. The molecule has 0 spiro atoms. The van der Waals surface area contributed by atoms with Gasteiger partial charge in [-0.05, 0) is 30.9 Å². The number of ether oxygens (including phenoxy) is 3. The molecule has 3 N–H and O–H groups in total. The number of anilines is 1. The number of benzene rings is 1. The van der Waals surface area contributed by atoms with E-state index in [0.717, 1.165) is 25.8 Å². The van der Waals surface area contributed by atoms with Crippen LogP contribution in [0.5, 0.6) is 6.01 Å². The van der Waals surface area contributed by atoms with Crippen molar-refractivity contribution in [1.82, 2.24) is 15.0 Å². The molecule has 2 saturated heterocycles. The van der Waals surface area contributed by atoms with E-state index in [1.54, 1.807) is 6.07 Å². The maximum atomic E-state index is 9.86. The van der Waals surface area contributed by atoms with Gasteiger partial charge in [0.1, 0.15) is 24.1 Å². The molecule has 0 saturated carbocycles. The summed E-state index contributed by atoms with van der Waals surface area (Å²) in [6, 6.07) is 12.6. The van der Waals surface area contributed by atoms with E-state index in [1.165, 1.54) is 5.56 Å². The van der Waals surface area contributed by atoms with Gasteiger partial charge in [-0.25, -0.2) is 4.98 Å². The minimum Gasteiger partial charge on any atom is -0.456 e. The van der Waals surface area contributed by atoms with E-state index in [9.17, 15) is 5.11 Å². The van der Waals surface area contributed by atoms with Crippen LogP contribution in [0, 0.1) is 0 Å². The summed E-state index contributed by atoms with van der Waals surface area (Å²) in [7, 11) is 0. The van der Waals surface area contributed by atoms with Crippen molar-refractivity contribution in [2.75, 3.05) is 25.1 Å². The van der Waals surface area contributed by atoms with Gasteiger partial charge in [-0.2, -0.15) is 4.98 Å². The number of hydrogen-bond acceptors (Lipinski definition) is 7. The van der Waals surface area contributed by atoms with Crippen molar-refractivity contribution in [3.63, 3.8) is 0 Å². The first kappa shape index (κ1) is 20.5. The number of aliphatic hydroxyl groups is 1. The number of imidazole rings is 1. The Labute approximate surface area is 184 Å². The van der Waals surface area contributed by atoms with Crippen LogP contribution in [0.2, 0.25) is 5.02 Å². The van der Waals surface area contributed by atoms with E-state index in [0.29, 0.717) is 34.6 Å². The fraction of sp³-hybridized carbons (Fsp3) is 0.455. The average molecular weight is 445 g/mol. The first-order valence-electron chi connectivity index (χ1n) is 10.6. The van der Waals surface area contributed by atoms with Gasteiger partial charge in [0.15, 0.2) is 11.8 Å². The minimum absolute atomic E-state index is 0.257. The summed E-state index contributed by atoms with van der Waals surface area (Å²) in [5.41, 5.74) is 2.56. The second-order valence-corrected chi connectivity index (χ2v) is 8.33. The predicted octanol–water partition coefficient (Wildman–Crippen LogP) is 2.95. The van der Waals surface area contributed by atoms with Gasteiger partial charge in [-0.15, -0.1) is 0 Å². The number of unbranched alkanes of at least 4 members (excludes halogenated alkanes) is 1. The van der Waals surface area contributed by atoms with Gasteiger partial charge < -0.3 is 29.6 Å². The van der Waals surface area contributed by atoms with Gasteiger partial charge >= 0.3 is 0 Å². The van der Waals surface area contributed by atoms with Gasteiger partial charge in [0.05, 0.1) is 23.8 Å². The van der Waals surface area contributed by atoms with Crippen LogP contribution < -0.4 is 10.1 Å². The standard InChI is InChI=1S/C22H25ClN4O4/c23-14-10-15-21(26-20(14)24-9-5-4-8-13-6-2-1-3-7-13)27-22(25-15)31-17-12-30-18-16(28)11-29-19(17)18/h1-3,6-7,10,16-19,28H,4-5,8-9,11-12H2,(H2,24,25,26,27)/t16-,17-,18-,19-/m1/s1. The maximum absolute atomic E-state index is 9.86. The molecule has 8 nitrogen and oxygen atoms in total. The second kappa shape index (κ2) is 9.00. The summed E-state index contributed by atoms with van der Waals surface area (Å²) in [5, 5.41) is 13.7. The number of aryl methyl sites for hydroxylation is 1. The monoisotopic (exact) mass is 444 g/mol. The van der Waals surface area contributed by atoms with Crippen LogP contribution in [0.15, 0.2) is 36.4 Å².